The van der Waals surface area contributed by atoms with Crippen molar-refractivity contribution in [1.29, 1.82) is 0 Å². The standard InChI is InChI=1S/C19H21N3O3/c23-18-11-6-2-5-10-17(22-13-7-12-20-22)19(24)25-14-16(21-18)15-8-3-1-4-9-15/h1-5,7-9,12-13,16-17H,6,10-11,14H2,(H,21,23)/b5-2-/t16-,17+/m0/s1. The number of ether oxygens (including phenoxy) is 1. The van der Waals surface area contributed by atoms with Crippen molar-refractivity contribution in [2.45, 2.75) is 31.3 Å². The summed E-state index contributed by atoms with van der Waals surface area (Å²) in [5, 5.41) is 7.11. The summed E-state index contributed by atoms with van der Waals surface area (Å²) in [4.78, 5) is 24.7. The van der Waals surface area contributed by atoms with Crippen molar-refractivity contribution in [3.05, 3.63) is 66.5 Å². The molecule has 1 amide bonds. The molecule has 0 aliphatic carbocycles. The largest absolute Gasteiger partial charge is 0.462 e. The number of carbonyl (C=O) groups excluding carboxylic acids is 2. The Morgan fingerprint density at radius 2 is 1.96 bits per heavy atom. The number of hydrogen-bond donors (Lipinski definition) is 1. The fourth-order valence-corrected chi connectivity index (χ4v) is 2.77. The first-order valence-electron chi connectivity index (χ1n) is 8.39. The molecule has 1 aliphatic heterocycles. The molecular formula is C19H21N3O3. The van der Waals surface area contributed by atoms with E-state index in [1.807, 2.05) is 42.5 Å². The van der Waals surface area contributed by atoms with E-state index in [1.54, 1.807) is 23.1 Å². The Kier molecular flexibility index (Phi) is 5.61. The van der Waals surface area contributed by atoms with E-state index in [9.17, 15) is 9.59 Å². The summed E-state index contributed by atoms with van der Waals surface area (Å²) in [5.74, 6) is -0.414. The van der Waals surface area contributed by atoms with Gasteiger partial charge in [-0.25, -0.2) is 4.79 Å². The van der Waals surface area contributed by atoms with E-state index < -0.39 is 6.04 Å². The topological polar surface area (TPSA) is 73.2 Å². The second-order valence-electron chi connectivity index (χ2n) is 5.91. The lowest BCUT2D eigenvalue weighted by molar-refractivity contribution is -0.149. The lowest BCUT2D eigenvalue weighted by Crippen LogP contribution is -2.33. The average molecular weight is 339 g/mol. The van der Waals surface area contributed by atoms with Crippen LogP contribution in [-0.2, 0) is 14.3 Å². The van der Waals surface area contributed by atoms with Crippen LogP contribution >= 0.6 is 0 Å². The van der Waals surface area contributed by atoms with Crippen molar-refractivity contribution in [2.75, 3.05) is 6.61 Å². The van der Waals surface area contributed by atoms with Crippen LogP contribution in [0, 0.1) is 0 Å². The van der Waals surface area contributed by atoms with E-state index in [0.29, 0.717) is 19.3 Å². The summed E-state index contributed by atoms with van der Waals surface area (Å²) in [6, 6.07) is 10.4. The smallest absolute Gasteiger partial charge is 0.331 e. The number of benzene rings is 1. The van der Waals surface area contributed by atoms with Crippen molar-refractivity contribution in [3.8, 4) is 0 Å². The molecule has 1 aromatic carbocycles. The quantitative estimate of drug-likeness (QED) is 0.674. The first kappa shape index (κ1) is 17.0. The number of rotatable bonds is 2. The summed E-state index contributed by atoms with van der Waals surface area (Å²) in [7, 11) is 0. The fraction of sp³-hybridized carbons (Fsp3) is 0.316. The zero-order valence-corrected chi connectivity index (χ0v) is 13.9. The van der Waals surface area contributed by atoms with E-state index in [0.717, 1.165) is 5.56 Å². The molecule has 1 aliphatic rings. The predicted molar refractivity (Wildman–Crippen MR) is 92.5 cm³/mol. The van der Waals surface area contributed by atoms with E-state index in [2.05, 4.69) is 10.4 Å². The highest BCUT2D eigenvalue weighted by molar-refractivity contribution is 5.77. The molecule has 2 aromatic rings. The summed E-state index contributed by atoms with van der Waals surface area (Å²) < 4.78 is 7.12. The highest BCUT2D eigenvalue weighted by atomic mass is 16.5. The van der Waals surface area contributed by atoms with Crippen LogP contribution in [0.5, 0.6) is 0 Å². The Labute approximate surface area is 146 Å². The molecule has 130 valence electrons. The highest BCUT2D eigenvalue weighted by Gasteiger charge is 2.24. The Hall–Kier alpha value is -2.89. The molecule has 0 bridgehead atoms. The van der Waals surface area contributed by atoms with Gasteiger partial charge in [0.2, 0.25) is 5.91 Å². The fourth-order valence-electron chi connectivity index (χ4n) is 2.77. The molecule has 0 fully saturated rings. The Morgan fingerprint density at radius 1 is 1.12 bits per heavy atom. The molecular weight excluding hydrogens is 318 g/mol. The second-order valence-corrected chi connectivity index (χ2v) is 5.91. The number of allylic oxidation sites excluding steroid dienone is 2. The van der Waals surface area contributed by atoms with Crippen molar-refractivity contribution in [2.24, 2.45) is 0 Å². The first-order valence-corrected chi connectivity index (χ1v) is 8.39. The maximum absolute atomic E-state index is 12.6. The van der Waals surface area contributed by atoms with Gasteiger partial charge < -0.3 is 10.1 Å². The van der Waals surface area contributed by atoms with Crippen molar-refractivity contribution >= 4 is 11.9 Å². The molecule has 1 aromatic heterocycles. The van der Waals surface area contributed by atoms with Crippen LogP contribution in [0.4, 0.5) is 0 Å². The van der Waals surface area contributed by atoms with Gasteiger partial charge in [-0.15, -0.1) is 0 Å². The summed E-state index contributed by atoms with van der Waals surface area (Å²) >= 11 is 0. The summed E-state index contributed by atoms with van der Waals surface area (Å²) in [6.07, 6.45) is 8.73. The van der Waals surface area contributed by atoms with Gasteiger partial charge in [0.25, 0.3) is 0 Å². The molecule has 0 saturated carbocycles. The van der Waals surface area contributed by atoms with Gasteiger partial charge in [-0.05, 0) is 24.5 Å². The van der Waals surface area contributed by atoms with E-state index in [1.165, 1.54) is 0 Å². The van der Waals surface area contributed by atoms with Crippen LogP contribution in [0.15, 0.2) is 60.9 Å². The van der Waals surface area contributed by atoms with E-state index in [-0.39, 0.29) is 24.5 Å². The monoisotopic (exact) mass is 339 g/mol. The number of nitrogens with zero attached hydrogens (tertiary/aromatic N) is 2. The molecule has 1 N–H and O–H groups in total. The minimum Gasteiger partial charge on any atom is -0.462 e. The molecule has 6 heteroatoms. The maximum Gasteiger partial charge on any atom is 0.331 e. The molecule has 0 spiro atoms. The van der Waals surface area contributed by atoms with E-state index in [4.69, 9.17) is 4.74 Å². The third-order valence-electron chi connectivity index (χ3n) is 4.11. The van der Waals surface area contributed by atoms with Crippen LogP contribution in [0.2, 0.25) is 0 Å². The lowest BCUT2D eigenvalue weighted by Gasteiger charge is -2.22. The Bertz CT molecular complexity index is 726. The van der Waals surface area contributed by atoms with Gasteiger partial charge in [0, 0.05) is 18.8 Å². The minimum atomic E-state index is -0.502. The SMILES string of the molecule is O=C1CC/C=C\C[C@@H](n2cccn2)C(=O)OC[C@@H](c2ccccc2)N1. The third kappa shape index (κ3) is 4.56. The number of hydrogen-bond acceptors (Lipinski definition) is 4. The molecule has 2 heterocycles. The highest BCUT2D eigenvalue weighted by Crippen LogP contribution is 2.18. The minimum absolute atomic E-state index is 0.0567. The van der Waals surface area contributed by atoms with Crippen molar-refractivity contribution in [3.63, 3.8) is 0 Å². The van der Waals surface area contributed by atoms with Crippen LogP contribution in [0.1, 0.15) is 36.9 Å². The first-order chi connectivity index (χ1) is 12.2. The van der Waals surface area contributed by atoms with Gasteiger partial charge >= 0.3 is 5.97 Å². The summed E-state index contributed by atoms with van der Waals surface area (Å²) in [5.41, 5.74) is 0.909. The third-order valence-corrected chi connectivity index (χ3v) is 4.11. The molecule has 0 saturated heterocycles. The molecule has 6 nitrogen and oxygen atoms in total. The van der Waals surface area contributed by atoms with Gasteiger partial charge in [0.05, 0.1) is 6.04 Å². The molecule has 3 rings (SSSR count). The Balaban J connectivity index is 1.80. The van der Waals surface area contributed by atoms with Gasteiger partial charge in [0.1, 0.15) is 6.61 Å². The van der Waals surface area contributed by atoms with Crippen LogP contribution in [0.3, 0.4) is 0 Å². The number of aromatic nitrogens is 2. The zero-order valence-electron chi connectivity index (χ0n) is 13.9. The molecule has 25 heavy (non-hydrogen) atoms. The molecule has 0 unspecified atom stereocenters. The second kappa shape index (κ2) is 8.28. The normalized spacial score (nSPS) is 23.7. The Morgan fingerprint density at radius 3 is 2.72 bits per heavy atom. The maximum atomic E-state index is 12.6. The van der Waals surface area contributed by atoms with Gasteiger partial charge in [0.15, 0.2) is 6.04 Å². The van der Waals surface area contributed by atoms with Gasteiger partial charge in [-0.3, -0.25) is 9.48 Å². The van der Waals surface area contributed by atoms with Gasteiger partial charge in [-0.1, -0.05) is 42.5 Å². The van der Waals surface area contributed by atoms with Crippen molar-refractivity contribution < 1.29 is 14.3 Å². The number of cyclic esters (lactones) is 1. The van der Waals surface area contributed by atoms with Crippen LogP contribution in [-0.4, -0.2) is 28.3 Å². The predicted octanol–water partition coefficient (Wildman–Crippen LogP) is 2.57. The van der Waals surface area contributed by atoms with Gasteiger partial charge in [-0.2, -0.15) is 5.10 Å². The van der Waals surface area contributed by atoms with Crippen molar-refractivity contribution in [1.82, 2.24) is 15.1 Å². The number of esters is 1. The molecule has 0 radical (unpaired) electrons. The van der Waals surface area contributed by atoms with E-state index >= 15 is 0 Å². The summed E-state index contributed by atoms with van der Waals surface area (Å²) in [6.45, 7) is 0.0933. The zero-order chi connectivity index (χ0) is 17.5. The average Bonchev–Trinajstić information content (AvgIpc) is 3.15. The number of amides is 1. The molecule has 2 atom stereocenters. The van der Waals surface area contributed by atoms with Crippen LogP contribution < -0.4 is 5.32 Å². The number of carbonyl (C=O) groups is 2. The lowest BCUT2D eigenvalue weighted by atomic mass is 10.1. The number of nitrogens with one attached hydrogen (secondary N) is 1. The van der Waals surface area contributed by atoms with Crippen LogP contribution in [0.25, 0.3) is 0 Å².